The number of hydrogen-bond donors (Lipinski definition) is 1. The van der Waals surface area contributed by atoms with Gasteiger partial charge in [-0.3, -0.25) is 4.79 Å². The van der Waals surface area contributed by atoms with Gasteiger partial charge >= 0.3 is 5.97 Å². The Morgan fingerprint density at radius 2 is 1.95 bits per heavy atom. The van der Waals surface area contributed by atoms with Gasteiger partial charge in [0, 0.05) is 12.0 Å². The number of hydrogen-bond acceptors (Lipinski definition) is 3. The molecule has 1 N–H and O–H groups in total. The minimum atomic E-state index is -0.682. The molecule has 0 amide bonds. The van der Waals surface area contributed by atoms with Crippen LogP contribution < -0.4 is 0 Å². The van der Waals surface area contributed by atoms with E-state index in [0.717, 1.165) is 24.5 Å². The fraction of sp³-hybridized carbons (Fsp3) is 0.800. The molecule has 3 atom stereocenters. The summed E-state index contributed by atoms with van der Waals surface area (Å²) in [5.41, 5.74) is 0. The van der Waals surface area contributed by atoms with Crippen molar-refractivity contribution in [3.63, 3.8) is 0 Å². The highest BCUT2D eigenvalue weighted by molar-refractivity contribution is 5.71. The van der Waals surface area contributed by atoms with Gasteiger partial charge in [-0.15, -0.1) is 10.2 Å². The van der Waals surface area contributed by atoms with Crippen LogP contribution in [0.15, 0.2) is 0 Å². The van der Waals surface area contributed by atoms with E-state index in [4.69, 9.17) is 0 Å². The van der Waals surface area contributed by atoms with E-state index in [9.17, 15) is 9.90 Å². The van der Waals surface area contributed by atoms with E-state index in [1.807, 2.05) is 6.92 Å². The van der Waals surface area contributed by atoms with Gasteiger partial charge in [0.15, 0.2) is 0 Å². The van der Waals surface area contributed by atoms with Crippen molar-refractivity contribution in [2.45, 2.75) is 64.3 Å². The quantitative estimate of drug-likeness (QED) is 0.922. The zero-order valence-corrected chi connectivity index (χ0v) is 12.2. The third-order valence-corrected chi connectivity index (χ3v) is 5.03. The van der Waals surface area contributed by atoms with Crippen molar-refractivity contribution in [3.05, 3.63) is 11.6 Å². The van der Waals surface area contributed by atoms with E-state index < -0.39 is 5.97 Å². The maximum Gasteiger partial charge on any atom is 0.307 e. The predicted molar refractivity (Wildman–Crippen MR) is 74.5 cm³/mol. The molecule has 0 aliphatic heterocycles. The highest BCUT2D eigenvalue weighted by atomic mass is 16.4. The van der Waals surface area contributed by atoms with Crippen LogP contribution in [-0.2, 0) is 4.79 Å². The summed E-state index contributed by atoms with van der Waals surface area (Å²) in [5.74, 6) is 1.37. The van der Waals surface area contributed by atoms with Crippen molar-refractivity contribution in [2.24, 2.45) is 11.8 Å². The van der Waals surface area contributed by atoms with Gasteiger partial charge in [-0.2, -0.15) is 0 Å². The van der Waals surface area contributed by atoms with Gasteiger partial charge in [0.2, 0.25) is 0 Å². The van der Waals surface area contributed by atoms with Crippen LogP contribution in [-0.4, -0.2) is 25.8 Å². The van der Waals surface area contributed by atoms with Crippen LogP contribution in [0.5, 0.6) is 0 Å². The lowest BCUT2D eigenvalue weighted by molar-refractivity contribution is -0.142. The Morgan fingerprint density at radius 3 is 2.60 bits per heavy atom. The molecule has 1 aromatic rings. The number of aryl methyl sites for hydroxylation is 1. The summed E-state index contributed by atoms with van der Waals surface area (Å²) in [7, 11) is 0. The monoisotopic (exact) mass is 277 g/mol. The molecule has 3 unspecified atom stereocenters. The predicted octanol–water partition coefficient (Wildman–Crippen LogP) is 2.92. The fourth-order valence-electron chi connectivity index (χ4n) is 4.10. The number of aromatic nitrogens is 3. The zero-order valence-electron chi connectivity index (χ0n) is 12.2. The van der Waals surface area contributed by atoms with Crippen molar-refractivity contribution in [3.8, 4) is 0 Å². The van der Waals surface area contributed by atoms with Crippen LogP contribution in [0, 0.1) is 18.8 Å². The molecular formula is C15H23N3O2. The number of carboxylic acids is 1. The molecule has 110 valence electrons. The van der Waals surface area contributed by atoms with Crippen LogP contribution in [0.25, 0.3) is 0 Å². The van der Waals surface area contributed by atoms with E-state index in [1.165, 1.54) is 25.7 Å². The Hall–Kier alpha value is -1.39. The molecule has 20 heavy (non-hydrogen) atoms. The molecule has 3 rings (SSSR count). The maximum absolute atomic E-state index is 11.5. The number of nitrogens with zero attached hydrogens (tertiary/aromatic N) is 3. The zero-order chi connectivity index (χ0) is 14.3. The van der Waals surface area contributed by atoms with Gasteiger partial charge in [0.25, 0.3) is 0 Å². The third kappa shape index (κ3) is 2.23. The molecule has 2 aliphatic rings. The van der Waals surface area contributed by atoms with E-state index in [1.54, 1.807) is 0 Å². The van der Waals surface area contributed by atoms with E-state index in [-0.39, 0.29) is 11.8 Å². The summed E-state index contributed by atoms with van der Waals surface area (Å²) >= 11 is 0. The van der Waals surface area contributed by atoms with Crippen LogP contribution in [0.2, 0.25) is 0 Å². The molecule has 0 spiro atoms. The van der Waals surface area contributed by atoms with E-state index in [2.05, 4.69) is 21.7 Å². The van der Waals surface area contributed by atoms with Gasteiger partial charge in [0.1, 0.15) is 11.6 Å². The Labute approximate surface area is 119 Å². The van der Waals surface area contributed by atoms with Crippen LogP contribution >= 0.6 is 0 Å². The molecule has 0 bridgehead atoms. The van der Waals surface area contributed by atoms with Gasteiger partial charge < -0.3 is 9.67 Å². The first kappa shape index (κ1) is 13.6. The Bertz CT molecular complexity index is 505. The second-order valence-electron chi connectivity index (χ2n) is 6.54. The lowest BCUT2D eigenvalue weighted by Crippen LogP contribution is -2.21. The summed E-state index contributed by atoms with van der Waals surface area (Å²) in [5, 5.41) is 18.1. The van der Waals surface area contributed by atoms with Gasteiger partial charge in [-0.25, -0.2) is 0 Å². The van der Waals surface area contributed by atoms with E-state index in [0.29, 0.717) is 12.0 Å². The van der Waals surface area contributed by atoms with Crippen LogP contribution in [0.4, 0.5) is 0 Å². The summed E-state index contributed by atoms with van der Waals surface area (Å²) in [6.07, 6.45) is 6.53. The summed E-state index contributed by atoms with van der Waals surface area (Å²) in [6.45, 7) is 4.13. The molecule has 0 aromatic carbocycles. The second kappa shape index (κ2) is 5.19. The van der Waals surface area contributed by atoms with Crippen molar-refractivity contribution in [2.75, 3.05) is 0 Å². The topological polar surface area (TPSA) is 68.0 Å². The van der Waals surface area contributed by atoms with E-state index >= 15 is 0 Å². The first-order valence-corrected chi connectivity index (χ1v) is 7.72. The molecule has 1 aromatic heterocycles. The molecule has 5 heteroatoms. The minimum absolute atomic E-state index is 0.0318. The third-order valence-electron chi connectivity index (χ3n) is 5.03. The van der Waals surface area contributed by atoms with Crippen LogP contribution in [0.1, 0.15) is 69.1 Å². The van der Waals surface area contributed by atoms with Crippen molar-refractivity contribution in [1.29, 1.82) is 0 Å². The van der Waals surface area contributed by atoms with Crippen LogP contribution in [0.3, 0.4) is 0 Å². The van der Waals surface area contributed by atoms with Crippen molar-refractivity contribution < 1.29 is 9.90 Å². The Morgan fingerprint density at radius 1 is 1.25 bits per heavy atom. The molecular weight excluding hydrogens is 254 g/mol. The molecule has 0 saturated heterocycles. The number of carboxylic acid groups (broad SMARTS) is 1. The molecule has 1 heterocycles. The van der Waals surface area contributed by atoms with Crippen molar-refractivity contribution >= 4 is 5.97 Å². The highest BCUT2D eigenvalue weighted by Gasteiger charge is 2.41. The van der Waals surface area contributed by atoms with Gasteiger partial charge in [-0.05, 0) is 38.5 Å². The first-order valence-electron chi connectivity index (χ1n) is 7.72. The minimum Gasteiger partial charge on any atom is -0.481 e. The van der Waals surface area contributed by atoms with Gasteiger partial charge in [0.05, 0.1) is 5.92 Å². The van der Waals surface area contributed by atoms with Crippen molar-refractivity contribution in [1.82, 2.24) is 14.8 Å². The number of rotatable bonds is 3. The molecule has 5 nitrogen and oxygen atoms in total. The summed E-state index contributed by atoms with van der Waals surface area (Å²) in [4.78, 5) is 11.5. The lowest BCUT2D eigenvalue weighted by Gasteiger charge is -2.21. The smallest absolute Gasteiger partial charge is 0.307 e. The maximum atomic E-state index is 11.5. The van der Waals surface area contributed by atoms with Gasteiger partial charge in [-0.1, -0.05) is 19.8 Å². The normalized spacial score (nSPS) is 31.0. The number of carbonyl (C=O) groups is 1. The highest BCUT2D eigenvalue weighted by Crippen LogP contribution is 2.44. The standard InChI is InChI=1S/C15H23N3O2/c1-9-7-12(13(8-9)15(19)20)14-17-16-10(2)18(14)11-5-3-4-6-11/h9,11-13H,3-8H2,1-2H3,(H,19,20). The summed E-state index contributed by atoms with van der Waals surface area (Å²) in [6, 6.07) is 0.477. The Kier molecular flexibility index (Phi) is 3.52. The summed E-state index contributed by atoms with van der Waals surface area (Å²) < 4.78 is 2.24. The Balaban J connectivity index is 1.95. The molecule has 2 aliphatic carbocycles. The SMILES string of the molecule is Cc1nnc(C2CC(C)CC2C(=O)O)n1C1CCCC1. The molecule has 2 fully saturated rings. The molecule has 2 saturated carbocycles. The molecule has 0 radical (unpaired) electrons. The number of aliphatic carboxylic acids is 1. The average Bonchev–Trinajstić information content (AvgIpc) is 3.07. The fourth-order valence-corrected chi connectivity index (χ4v) is 4.10. The second-order valence-corrected chi connectivity index (χ2v) is 6.54. The largest absolute Gasteiger partial charge is 0.481 e. The lowest BCUT2D eigenvalue weighted by atomic mass is 9.95. The first-order chi connectivity index (χ1) is 9.58. The average molecular weight is 277 g/mol.